The molecular formula is C16H19NO2. The van der Waals surface area contributed by atoms with Crippen molar-refractivity contribution in [1.29, 1.82) is 0 Å². The van der Waals surface area contributed by atoms with Crippen LogP contribution < -0.4 is 5.32 Å². The van der Waals surface area contributed by atoms with E-state index in [4.69, 9.17) is 4.42 Å². The van der Waals surface area contributed by atoms with Crippen LogP contribution in [0, 0.1) is 0 Å². The summed E-state index contributed by atoms with van der Waals surface area (Å²) in [5, 5.41) is 13.2. The smallest absolute Gasteiger partial charge is 0.108 e. The second kappa shape index (κ2) is 5.59. The minimum Gasteiger partial charge on any atom is -0.469 e. The van der Waals surface area contributed by atoms with E-state index < -0.39 is 0 Å². The van der Waals surface area contributed by atoms with E-state index in [0.29, 0.717) is 0 Å². The van der Waals surface area contributed by atoms with Crippen LogP contribution in [0.1, 0.15) is 41.8 Å². The number of aryl methyl sites for hydroxylation is 1. The molecule has 2 N–H and O–H groups in total. The van der Waals surface area contributed by atoms with Gasteiger partial charge in [0.2, 0.25) is 0 Å². The van der Waals surface area contributed by atoms with Crippen molar-refractivity contribution in [2.75, 3.05) is 6.61 Å². The number of aliphatic hydroxyl groups excluding tert-OH is 1. The minimum absolute atomic E-state index is 0.0213. The maximum Gasteiger partial charge on any atom is 0.108 e. The molecule has 0 bridgehead atoms. The van der Waals surface area contributed by atoms with Crippen molar-refractivity contribution in [3.63, 3.8) is 0 Å². The first kappa shape index (κ1) is 12.5. The van der Waals surface area contributed by atoms with Crippen molar-refractivity contribution in [2.24, 2.45) is 0 Å². The Balaban J connectivity index is 1.78. The number of furan rings is 1. The molecule has 0 amide bonds. The van der Waals surface area contributed by atoms with E-state index in [1.165, 1.54) is 5.56 Å². The molecule has 1 aromatic heterocycles. The SMILES string of the molecule is OCC(NC1CCCc2occc21)c1ccccc1. The molecule has 1 heterocycles. The van der Waals surface area contributed by atoms with E-state index in [-0.39, 0.29) is 18.7 Å². The van der Waals surface area contributed by atoms with Crippen LogP contribution in [0.25, 0.3) is 0 Å². The Morgan fingerprint density at radius 3 is 2.89 bits per heavy atom. The van der Waals surface area contributed by atoms with Gasteiger partial charge in [-0.15, -0.1) is 0 Å². The number of hydrogen-bond acceptors (Lipinski definition) is 3. The lowest BCUT2D eigenvalue weighted by Gasteiger charge is -2.27. The molecule has 19 heavy (non-hydrogen) atoms. The van der Waals surface area contributed by atoms with Gasteiger partial charge in [0.25, 0.3) is 0 Å². The lowest BCUT2D eigenvalue weighted by Crippen LogP contribution is -2.30. The van der Waals surface area contributed by atoms with Crippen LogP contribution in [0.5, 0.6) is 0 Å². The van der Waals surface area contributed by atoms with E-state index >= 15 is 0 Å². The van der Waals surface area contributed by atoms with E-state index in [9.17, 15) is 5.11 Å². The summed E-state index contributed by atoms with van der Waals surface area (Å²) in [6, 6.07) is 12.4. The summed E-state index contributed by atoms with van der Waals surface area (Å²) >= 11 is 0. The Bertz CT molecular complexity index is 521. The van der Waals surface area contributed by atoms with Gasteiger partial charge in [-0.05, 0) is 24.5 Å². The minimum atomic E-state index is -0.0213. The molecule has 2 atom stereocenters. The second-order valence-corrected chi connectivity index (χ2v) is 5.06. The number of fused-ring (bicyclic) bond motifs is 1. The quantitative estimate of drug-likeness (QED) is 0.885. The van der Waals surface area contributed by atoms with Crippen molar-refractivity contribution in [2.45, 2.75) is 31.3 Å². The van der Waals surface area contributed by atoms with Gasteiger partial charge in [-0.2, -0.15) is 0 Å². The molecule has 1 aliphatic carbocycles. The van der Waals surface area contributed by atoms with Crippen LogP contribution in [-0.2, 0) is 6.42 Å². The van der Waals surface area contributed by atoms with Crippen LogP contribution in [0.3, 0.4) is 0 Å². The van der Waals surface area contributed by atoms with Gasteiger partial charge in [0.05, 0.1) is 18.9 Å². The van der Waals surface area contributed by atoms with Crippen molar-refractivity contribution >= 4 is 0 Å². The standard InChI is InChI=1S/C16H19NO2/c18-11-15(12-5-2-1-3-6-12)17-14-7-4-8-16-13(14)9-10-19-16/h1-3,5-6,9-10,14-15,17-18H,4,7-8,11H2. The maximum absolute atomic E-state index is 9.62. The summed E-state index contributed by atoms with van der Waals surface area (Å²) in [5.41, 5.74) is 2.38. The van der Waals surface area contributed by atoms with Gasteiger partial charge in [0, 0.05) is 18.0 Å². The van der Waals surface area contributed by atoms with E-state index in [1.54, 1.807) is 6.26 Å². The van der Waals surface area contributed by atoms with Gasteiger partial charge in [-0.1, -0.05) is 30.3 Å². The molecule has 0 saturated carbocycles. The van der Waals surface area contributed by atoms with Gasteiger partial charge >= 0.3 is 0 Å². The molecule has 1 aliphatic rings. The number of aliphatic hydroxyl groups is 1. The molecule has 0 aliphatic heterocycles. The van der Waals surface area contributed by atoms with Crippen molar-refractivity contribution in [3.05, 3.63) is 59.5 Å². The van der Waals surface area contributed by atoms with Crippen molar-refractivity contribution in [3.8, 4) is 0 Å². The highest BCUT2D eigenvalue weighted by molar-refractivity contribution is 5.26. The maximum atomic E-state index is 9.62. The molecular weight excluding hydrogens is 238 g/mol. The molecule has 2 unspecified atom stereocenters. The molecule has 3 nitrogen and oxygen atoms in total. The third kappa shape index (κ3) is 2.57. The first-order valence-electron chi connectivity index (χ1n) is 6.86. The fourth-order valence-electron chi connectivity index (χ4n) is 2.84. The van der Waals surface area contributed by atoms with Crippen LogP contribution in [-0.4, -0.2) is 11.7 Å². The average Bonchev–Trinajstić information content (AvgIpc) is 2.95. The Kier molecular flexibility index (Phi) is 3.67. The molecule has 0 radical (unpaired) electrons. The first-order chi connectivity index (χ1) is 9.38. The van der Waals surface area contributed by atoms with E-state index in [1.807, 2.05) is 36.4 Å². The molecule has 0 saturated heterocycles. The number of benzene rings is 1. The normalized spacial score (nSPS) is 19.9. The average molecular weight is 257 g/mol. The summed E-state index contributed by atoms with van der Waals surface area (Å²) in [4.78, 5) is 0. The summed E-state index contributed by atoms with van der Waals surface area (Å²) in [5.74, 6) is 1.09. The van der Waals surface area contributed by atoms with Gasteiger partial charge < -0.3 is 14.8 Å². The molecule has 3 heteroatoms. The predicted octanol–water partition coefficient (Wildman–Crippen LogP) is 2.98. The zero-order chi connectivity index (χ0) is 13.1. The molecule has 3 rings (SSSR count). The van der Waals surface area contributed by atoms with Crippen LogP contribution >= 0.6 is 0 Å². The summed E-state index contributed by atoms with van der Waals surface area (Å²) < 4.78 is 5.50. The zero-order valence-corrected chi connectivity index (χ0v) is 10.9. The van der Waals surface area contributed by atoms with Crippen LogP contribution in [0.2, 0.25) is 0 Å². The van der Waals surface area contributed by atoms with Gasteiger partial charge in [-0.25, -0.2) is 0 Å². The largest absolute Gasteiger partial charge is 0.469 e. The molecule has 1 aromatic carbocycles. The fourth-order valence-corrected chi connectivity index (χ4v) is 2.84. The Hall–Kier alpha value is -1.58. The molecule has 100 valence electrons. The Morgan fingerprint density at radius 1 is 1.26 bits per heavy atom. The van der Waals surface area contributed by atoms with Crippen molar-refractivity contribution < 1.29 is 9.52 Å². The number of rotatable bonds is 4. The number of hydrogen-bond donors (Lipinski definition) is 2. The Labute approximate surface area is 113 Å². The lowest BCUT2D eigenvalue weighted by atomic mass is 9.92. The van der Waals surface area contributed by atoms with Gasteiger partial charge in [-0.3, -0.25) is 0 Å². The van der Waals surface area contributed by atoms with Gasteiger partial charge in [0.1, 0.15) is 5.76 Å². The van der Waals surface area contributed by atoms with Crippen LogP contribution in [0.15, 0.2) is 47.1 Å². The highest BCUT2D eigenvalue weighted by atomic mass is 16.3. The first-order valence-corrected chi connectivity index (χ1v) is 6.86. The third-order valence-electron chi connectivity index (χ3n) is 3.84. The predicted molar refractivity (Wildman–Crippen MR) is 73.8 cm³/mol. The van der Waals surface area contributed by atoms with Crippen LogP contribution in [0.4, 0.5) is 0 Å². The highest BCUT2D eigenvalue weighted by Gasteiger charge is 2.25. The summed E-state index contributed by atoms with van der Waals surface area (Å²) in [7, 11) is 0. The monoisotopic (exact) mass is 257 g/mol. The van der Waals surface area contributed by atoms with Crippen molar-refractivity contribution in [1.82, 2.24) is 5.32 Å². The fraction of sp³-hybridized carbons (Fsp3) is 0.375. The van der Waals surface area contributed by atoms with E-state index in [2.05, 4.69) is 5.32 Å². The molecule has 2 aromatic rings. The van der Waals surface area contributed by atoms with E-state index in [0.717, 1.165) is 30.6 Å². The van der Waals surface area contributed by atoms with Gasteiger partial charge in [0.15, 0.2) is 0 Å². The molecule has 0 fully saturated rings. The Morgan fingerprint density at radius 2 is 2.11 bits per heavy atom. The highest BCUT2D eigenvalue weighted by Crippen LogP contribution is 2.32. The second-order valence-electron chi connectivity index (χ2n) is 5.06. The lowest BCUT2D eigenvalue weighted by molar-refractivity contribution is 0.227. The summed E-state index contributed by atoms with van der Waals surface area (Å²) in [6.07, 6.45) is 5.01. The molecule has 0 spiro atoms. The summed E-state index contributed by atoms with van der Waals surface area (Å²) in [6.45, 7) is 0.105. The topological polar surface area (TPSA) is 45.4 Å². The third-order valence-corrected chi connectivity index (χ3v) is 3.84. The zero-order valence-electron chi connectivity index (χ0n) is 10.9. The number of nitrogens with one attached hydrogen (secondary N) is 1.